The van der Waals surface area contributed by atoms with Crippen molar-refractivity contribution < 1.29 is 4.79 Å². The highest BCUT2D eigenvalue weighted by atomic mass is 16.2. The van der Waals surface area contributed by atoms with Gasteiger partial charge in [-0.2, -0.15) is 5.10 Å². The molecule has 0 saturated heterocycles. The van der Waals surface area contributed by atoms with Gasteiger partial charge in [0.15, 0.2) is 5.82 Å². The molecule has 2 aliphatic carbocycles. The lowest BCUT2D eigenvalue weighted by Gasteiger charge is -2.13. The second-order valence-electron chi connectivity index (χ2n) is 7.13. The first-order chi connectivity index (χ1) is 12.8. The summed E-state index contributed by atoms with van der Waals surface area (Å²) in [4.78, 5) is 16.6. The lowest BCUT2D eigenvalue weighted by Crippen LogP contribution is -2.29. The second-order valence-corrected chi connectivity index (χ2v) is 7.13. The number of hydrogen-bond donors (Lipinski definition) is 3. The van der Waals surface area contributed by atoms with Gasteiger partial charge in [0.2, 0.25) is 0 Å². The Morgan fingerprint density at radius 2 is 2.04 bits per heavy atom. The molecule has 0 aliphatic heterocycles. The first-order valence-corrected chi connectivity index (χ1v) is 9.53. The Kier molecular flexibility index (Phi) is 5.00. The van der Waals surface area contributed by atoms with Crippen molar-refractivity contribution in [2.75, 3.05) is 11.9 Å². The van der Waals surface area contributed by atoms with Crippen molar-refractivity contribution in [2.24, 2.45) is 0 Å². The lowest BCUT2D eigenvalue weighted by molar-refractivity contribution is 0.252. The Labute approximate surface area is 153 Å². The van der Waals surface area contributed by atoms with E-state index < -0.39 is 0 Å². The molecule has 0 atom stereocenters. The predicted molar refractivity (Wildman–Crippen MR) is 102 cm³/mol. The van der Waals surface area contributed by atoms with Crippen molar-refractivity contribution in [3.8, 4) is 11.4 Å². The number of H-pyrrole nitrogens is 1. The maximum absolute atomic E-state index is 12.0. The quantitative estimate of drug-likeness (QED) is 0.676. The molecule has 26 heavy (non-hydrogen) atoms. The van der Waals surface area contributed by atoms with Gasteiger partial charge >= 0.3 is 6.03 Å². The Morgan fingerprint density at radius 3 is 2.77 bits per heavy atom. The van der Waals surface area contributed by atoms with Gasteiger partial charge < -0.3 is 10.6 Å². The minimum Gasteiger partial charge on any atom is -0.338 e. The number of amides is 2. The van der Waals surface area contributed by atoms with Crippen molar-refractivity contribution in [3.63, 3.8) is 0 Å². The van der Waals surface area contributed by atoms with E-state index in [9.17, 15) is 4.79 Å². The molecule has 0 radical (unpaired) electrons. The van der Waals surface area contributed by atoms with E-state index in [2.05, 4.69) is 31.9 Å². The van der Waals surface area contributed by atoms with Crippen molar-refractivity contribution in [3.05, 3.63) is 41.7 Å². The topological polar surface area (TPSA) is 82.7 Å². The summed E-state index contributed by atoms with van der Waals surface area (Å²) in [6.07, 6.45) is 10.6. The van der Waals surface area contributed by atoms with Gasteiger partial charge in [-0.15, -0.1) is 0 Å². The number of nitrogens with one attached hydrogen (secondary N) is 3. The highest BCUT2D eigenvalue weighted by Gasteiger charge is 2.27. The van der Waals surface area contributed by atoms with E-state index in [-0.39, 0.29) is 6.03 Å². The van der Waals surface area contributed by atoms with Crippen LogP contribution < -0.4 is 10.6 Å². The van der Waals surface area contributed by atoms with Crippen molar-refractivity contribution in [2.45, 2.75) is 50.9 Å². The molecule has 4 rings (SSSR count). The van der Waals surface area contributed by atoms with E-state index in [1.165, 1.54) is 44.1 Å². The molecule has 0 bridgehead atoms. The van der Waals surface area contributed by atoms with Crippen LogP contribution in [0.1, 0.15) is 56.7 Å². The molecule has 136 valence electrons. The number of hydrogen-bond acceptors (Lipinski definition) is 3. The second kappa shape index (κ2) is 7.72. The van der Waals surface area contributed by atoms with Crippen LogP contribution in [-0.2, 0) is 0 Å². The molecule has 2 aliphatic rings. The maximum Gasteiger partial charge on any atom is 0.319 e. The molecule has 6 heteroatoms. The number of carbonyl (C=O) groups is 1. The van der Waals surface area contributed by atoms with Crippen LogP contribution in [0.15, 0.2) is 35.9 Å². The number of nitrogens with zero attached hydrogens (tertiary/aromatic N) is 2. The van der Waals surface area contributed by atoms with E-state index in [1.807, 2.05) is 24.3 Å². The molecular weight excluding hydrogens is 326 g/mol. The summed E-state index contributed by atoms with van der Waals surface area (Å²) >= 11 is 0. The predicted octanol–water partition coefficient (Wildman–Crippen LogP) is 4.36. The van der Waals surface area contributed by atoms with Crippen molar-refractivity contribution in [1.82, 2.24) is 20.5 Å². The molecule has 1 aromatic carbocycles. The third-order valence-corrected chi connectivity index (χ3v) is 4.98. The fraction of sp³-hybridized carbons (Fsp3) is 0.450. The molecule has 2 aromatic rings. The molecule has 6 nitrogen and oxygen atoms in total. The molecular formula is C20H25N5O. The highest BCUT2D eigenvalue weighted by molar-refractivity contribution is 5.89. The highest BCUT2D eigenvalue weighted by Crippen LogP contribution is 2.38. The minimum absolute atomic E-state index is 0.164. The summed E-state index contributed by atoms with van der Waals surface area (Å²) in [5.74, 6) is 2.25. The van der Waals surface area contributed by atoms with Crippen LogP contribution in [-0.4, -0.2) is 27.8 Å². The minimum atomic E-state index is -0.164. The monoisotopic (exact) mass is 351 g/mol. The lowest BCUT2D eigenvalue weighted by atomic mass is 9.97. The van der Waals surface area contributed by atoms with Crippen LogP contribution in [0.4, 0.5) is 10.5 Å². The summed E-state index contributed by atoms with van der Waals surface area (Å²) < 4.78 is 0. The van der Waals surface area contributed by atoms with E-state index >= 15 is 0 Å². The Bertz CT molecular complexity index is 789. The van der Waals surface area contributed by atoms with Gasteiger partial charge in [0.05, 0.1) is 0 Å². The summed E-state index contributed by atoms with van der Waals surface area (Å²) in [5, 5.41) is 13.1. The first kappa shape index (κ1) is 16.8. The zero-order valence-corrected chi connectivity index (χ0v) is 14.9. The Hall–Kier alpha value is -2.63. The van der Waals surface area contributed by atoms with Crippen molar-refractivity contribution in [1.29, 1.82) is 0 Å². The number of benzene rings is 1. The van der Waals surface area contributed by atoms with Crippen LogP contribution in [0.25, 0.3) is 11.4 Å². The molecule has 1 heterocycles. The van der Waals surface area contributed by atoms with Gasteiger partial charge in [-0.1, -0.05) is 11.6 Å². The molecule has 0 spiro atoms. The summed E-state index contributed by atoms with van der Waals surface area (Å²) in [5.41, 5.74) is 3.18. The average molecular weight is 351 g/mol. The summed E-state index contributed by atoms with van der Waals surface area (Å²) in [7, 11) is 0. The fourth-order valence-corrected chi connectivity index (χ4v) is 3.29. The van der Waals surface area contributed by atoms with E-state index in [1.54, 1.807) is 0 Å². The Balaban J connectivity index is 1.26. The number of allylic oxidation sites excluding steroid dienone is 1. The van der Waals surface area contributed by atoms with Crippen LogP contribution in [0.2, 0.25) is 0 Å². The largest absolute Gasteiger partial charge is 0.338 e. The normalized spacial score (nSPS) is 16.8. The van der Waals surface area contributed by atoms with E-state index in [0.29, 0.717) is 18.3 Å². The van der Waals surface area contributed by atoms with E-state index in [4.69, 9.17) is 0 Å². The summed E-state index contributed by atoms with van der Waals surface area (Å²) in [6.45, 7) is 0.677. The van der Waals surface area contributed by atoms with Gasteiger partial charge in [-0.05, 0) is 69.2 Å². The number of rotatable bonds is 6. The first-order valence-electron chi connectivity index (χ1n) is 9.53. The third-order valence-electron chi connectivity index (χ3n) is 4.98. The Morgan fingerprint density at radius 1 is 1.19 bits per heavy atom. The number of carbonyl (C=O) groups excluding carboxylic acids is 1. The zero-order chi connectivity index (χ0) is 17.8. The fourth-order valence-electron chi connectivity index (χ4n) is 3.29. The molecule has 0 unspecified atom stereocenters. The van der Waals surface area contributed by atoms with Crippen LogP contribution in [0.3, 0.4) is 0 Å². The van der Waals surface area contributed by atoms with Gasteiger partial charge in [-0.3, -0.25) is 5.10 Å². The van der Waals surface area contributed by atoms with Gasteiger partial charge in [0, 0.05) is 23.7 Å². The van der Waals surface area contributed by atoms with Crippen LogP contribution >= 0.6 is 0 Å². The number of urea groups is 1. The average Bonchev–Trinajstić information content (AvgIpc) is 3.40. The summed E-state index contributed by atoms with van der Waals surface area (Å²) in [6, 6.07) is 7.46. The maximum atomic E-state index is 12.0. The van der Waals surface area contributed by atoms with Gasteiger partial charge in [-0.25, -0.2) is 9.78 Å². The SMILES string of the molecule is O=C(NCCC1=CCCCC1)Nc1ccc(-c2n[nH]c(C3CC3)n2)cc1. The molecule has 1 saturated carbocycles. The van der Waals surface area contributed by atoms with E-state index in [0.717, 1.165) is 23.5 Å². The number of aromatic amines is 1. The number of aromatic nitrogens is 3. The molecule has 1 aromatic heterocycles. The molecule has 3 N–H and O–H groups in total. The van der Waals surface area contributed by atoms with Gasteiger partial charge in [0.1, 0.15) is 5.82 Å². The zero-order valence-electron chi connectivity index (χ0n) is 14.9. The van der Waals surface area contributed by atoms with Crippen molar-refractivity contribution >= 4 is 11.7 Å². The van der Waals surface area contributed by atoms with Crippen LogP contribution in [0, 0.1) is 0 Å². The van der Waals surface area contributed by atoms with Crippen LogP contribution in [0.5, 0.6) is 0 Å². The standard InChI is InChI=1S/C20H25N5O/c26-20(21-13-12-14-4-2-1-3-5-14)22-17-10-8-16(9-11-17)19-23-18(24-25-19)15-6-7-15/h4,8-11,15H,1-3,5-7,12-13H2,(H2,21,22,26)(H,23,24,25). The molecule has 1 fully saturated rings. The number of anilines is 1. The third kappa shape index (κ3) is 4.31. The molecule has 2 amide bonds. The van der Waals surface area contributed by atoms with Gasteiger partial charge in [0.25, 0.3) is 0 Å². The smallest absolute Gasteiger partial charge is 0.319 e.